The van der Waals surface area contributed by atoms with Crippen LogP contribution in [0.4, 0.5) is 5.82 Å². The second-order valence-corrected chi connectivity index (χ2v) is 8.05. The van der Waals surface area contributed by atoms with Crippen molar-refractivity contribution in [2.75, 3.05) is 11.9 Å². The van der Waals surface area contributed by atoms with Crippen LogP contribution in [0.1, 0.15) is 47.8 Å². The molecule has 0 amide bonds. The molecule has 2 aromatic carbocycles. The summed E-state index contributed by atoms with van der Waals surface area (Å²) in [6.45, 7) is 3.78. The summed E-state index contributed by atoms with van der Waals surface area (Å²) in [7, 11) is 0. The van der Waals surface area contributed by atoms with Crippen LogP contribution in [0, 0.1) is 0 Å². The van der Waals surface area contributed by atoms with Gasteiger partial charge in [-0.25, -0.2) is 9.78 Å². The predicted octanol–water partition coefficient (Wildman–Crippen LogP) is 5.98. The van der Waals surface area contributed by atoms with Crippen LogP contribution >= 0.6 is 11.6 Å². The van der Waals surface area contributed by atoms with Crippen molar-refractivity contribution >= 4 is 40.3 Å². The lowest BCUT2D eigenvalue weighted by Crippen LogP contribution is -2.17. The number of pyridine rings is 2. The molecule has 0 aliphatic rings. The van der Waals surface area contributed by atoms with Crippen molar-refractivity contribution in [2.24, 2.45) is 0 Å². The zero-order valence-electron chi connectivity index (χ0n) is 19.3. The topological polar surface area (TPSA) is 90.4 Å². The minimum Gasteiger partial charge on any atom is -0.462 e. The molecule has 7 nitrogen and oxygen atoms in total. The van der Waals surface area contributed by atoms with Crippen LogP contribution in [0.15, 0.2) is 73.1 Å². The summed E-state index contributed by atoms with van der Waals surface area (Å²) in [5.41, 5.74) is 2.32. The molecule has 0 aliphatic carbocycles. The Morgan fingerprint density at radius 1 is 1.00 bits per heavy atom. The molecule has 0 saturated heterocycles. The molecule has 0 bridgehead atoms. The second kappa shape index (κ2) is 11.0. The van der Waals surface area contributed by atoms with Gasteiger partial charge in [-0.1, -0.05) is 36.7 Å². The van der Waals surface area contributed by atoms with Crippen LogP contribution in [0.2, 0.25) is 5.02 Å². The number of aromatic nitrogens is 2. The van der Waals surface area contributed by atoms with Gasteiger partial charge in [0.05, 0.1) is 23.2 Å². The molecule has 0 aliphatic heterocycles. The van der Waals surface area contributed by atoms with Crippen LogP contribution in [-0.4, -0.2) is 28.5 Å². The molecule has 1 N–H and O–H groups in total. The maximum atomic E-state index is 12.4. The highest BCUT2D eigenvalue weighted by Crippen LogP contribution is 2.40. The van der Waals surface area contributed by atoms with Crippen molar-refractivity contribution in [1.82, 2.24) is 9.97 Å². The second-order valence-electron chi connectivity index (χ2n) is 7.64. The molecule has 2 heterocycles. The Morgan fingerprint density at radius 2 is 1.77 bits per heavy atom. The third kappa shape index (κ3) is 5.41. The van der Waals surface area contributed by atoms with Crippen LogP contribution in [0.5, 0.6) is 5.75 Å². The number of nitrogens with zero attached hydrogens (tertiary/aromatic N) is 2. The number of hydrogen-bond donors (Lipinski definition) is 1. The maximum absolute atomic E-state index is 12.4. The van der Waals surface area contributed by atoms with E-state index in [-0.39, 0.29) is 6.42 Å². The van der Waals surface area contributed by atoms with E-state index < -0.39 is 18.0 Å². The van der Waals surface area contributed by atoms with Crippen molar-refractivity contribution in [1.29, 1.82) is 0 Å². The normalized spacial score (nSPS) is 11.6. The molecule has 0 spiro atoms. The van der Waals surface area contributed by atoms with Gasteiger partial charge in [-0.05, 0) is 55.0 Å². The van der Waals surface area contributed by atoms with Crippen molar-refractivity contribution in [3.63, 3.8) is 0 Å². The Labute approximate surface area is 208 Å². The predicted molar refractivity (Wildman–Crippen MR) is 135 cm³/mol. The van der Waals surface area contributed by atoms with Gasteiger partial charge in [-0.3, -0.25) is 9.78 Å². The highest BCUT2D eigenvalue weighted by Gasteiger charge is 2.25. The Morgan fingerprint density at radius 3 is 2.46 bits per heavy atom. The van der Waals surface area contributed by atoms with Gasteiger partial charge in [-0.15, -0.1) is 0 Å². The van der Waals surface area contributed by atoms with Crippen LogP contribution in [-0.2, 0) is 9.53 Å². The molecule has 0 fully saturated rings. The van der Waals surface area contributed by atoms with Crippen molar-refractivity contribution in [3.05, 3.63) is 94.8 Å². The largest absolute Gasteiger partial charge is 0.462 e. The van der Waals surface area contributed by atoms with E-state index in [4.69, 9.17) is 21.1 Å². The number of hydrogen-bond acceptors (Lipinski definition) is 7. The van der Waals surface area contributed by atoms with Gasteiger partial charge in [0.15, 0.2) is 5.75 Å². The number of halogens is 1. The number of rotatable bonds is 8. The fraction of sp³-hybridized carbons (Fsp3) is 0.185. The highest BCUT2D eigenvalue weighted by molar-refractivity contribution is 6.35. The van der Waals surface area contributed by atoms with E-state index in [2.05, 4.69) is 15.3 Å². The number of benzene rings is 2. The minimum absolute atomic E-state index is 0.197. The number of esters is 2. The summed E-state index contributed by atoms with van der Waals surface area (Å²) in [4.78, 5) is 33.4. The summed E-state index contributed by atoms with van der Waals surface area (Å²) >= 11 is 6.66. The van der Waals surface area contributed by atoms with E-state index in [1.165, 1.54) is 0 Å². The van der Waals surface area contributed by atoms with E-state index in [0.29, 0.717) is 45.2 Å². The van der Waals surface area contributed by atoms with E-state index in [9.17, 15) is 9.59 Å². The first-order valence-corrected chi connectivity index (χ1v) is 11.6. The van der Waals surface area contributed by atoms with E-state index in [1.54, 1.807) is 50.5 Å². The van der Waals surface area contributed by atoms with Crippen LogP contribution in [0.3, 0.4) is 0 Å². The standard InChI is InChI=1S/C27H24ClN3O4/c1-3-23(32)35-26-20(16-21(28)19-8-7-15-30-25(19)26)24(31-22-9-5-6-14-29-22)17-10-12-18(13-11-17)27(33)34-4-2/h5-16,24H,3-4H2,1-2H3,(H,29,31). The Bertz CT molecular complexity index is 1340. The van der Waals surface area contributed by atoms with Gasteiger partial charge in [0.25, 0.3) is 0 Å². The first-order valence-electron chi connectivity index (χ1n) is 11.2. The minimum atomic E-state index is -0.523. The molecular formula is C27H24ClN3O4. The Balaban J connectivity index is 1.89. The fourth-order valence-electron chi connectivity index (χ4n) is 3.67. The molecule has 35 heavy (non-hydrogen) atoms. The van der Waals surface area contributed by atoms with E-state index in [1.807, 2.05) is 36.4 Å². The lowest BCUT2D eigenvalue weighted by Gasteiger charge is -2.24. The first kappa shape index (κ1) is 24.2. The SMILES string of the molecule is CCOC(=O)c1ccc(C(Nc2ccccn2)c2cc(Cl)c3cccnc3c2OC(=O)CC)cc1. The molecule has 2 aromatic heterocycles. The summed E-state index contributed by atoms with van der Waals surface area (Å²) in [5.74, 6) is 0.135. The van der Waals surface area contributed by atoms with E-state index >= 15 is 0 Å². The van der Waals surface area contributed by atoms with Gasteiger partial charge in [0, 0.05) is 29.8 Å². The highest BCUT2D eigenvalue weighted by atomic mass is 35.5. The monoisotopic (exact) mass is 489 g/mol. The molecular weight excluding hydrogens is 466 g/mol. The van der Waals surface area contributed by atoms with Crippen LogP contribution < -0.4 is 10.1 Å². The van der Waals surface area contributed by atoms with Crippen molar-refractivity contribution in [2.45, 2.75) is 26.3 Å². The quantitative estimate of drug-likeness (QED) is 0.240. The summed E-state index contributed by atoms with van der Waals surface area (Å²) in [6.07, 6.45) is 3.50. The summed E-state index contributed by atoms with van der Waals surface area (Å²) in [5, 5.41) is 4.54. The zero-order valence-corrected chi connectivity index (χ0v) is 20.1. The molecule has 4 rings (SSSR count). The third-order valence-corrected chi connectivity index (χ3v) is 5.67. The average Bonchev–Trinajstić information content (AvgIpc) is 2.89. The number of fused-ring (bicyclic) bond motifs is 1. The molecule has 178 valence electrons. The smallest absolute Gasteiger partial charge is 0.338 e. The van der Waals surface area contributed by atoms with Gasteiger partial charge in [-0.2, -0.15) is 0 Å². The zero-order chi connectivity index (χ0) is 24.8. The van der Waals surface area contributed by atoms with Gasteiger partial charge in [0.2, 0.25) is 0 Å². The lowest BCUT2D eigenvalue weighted by molar-refractivity contribution is -0.133. The lowest BCUT2D eigenvalue weighted by atomic mass is 9.95. The maximum Gasteiger partial charge on any atom is 0.338 e. The van der Waals surface area contributed by atoms with Crippen LogP contribution in [0.25, 0.3) is 10.9 Å². The summed E-state index contributed by atoms with van der Waals surface area (Å²) < 4.78 is 10.9. The molecule has 8 heteroatoms. The van der Waals surface area contributed by atoms with Gasteiger partial charge in [0.1, 0.15) is 11.3 Å². The van der Waals surface area contributed by atoms with Crippen molar-refractivity contribution in [3.8, 4) is 5.75 Å². The number of carbonyl (C=O) groups is 2. The Hall–Kier alpha value is -3.97. The molecule has 0 saturated carbocycles. The average molecular weight is 490 g/mol. The van der Waals surface area contributed by atoms with Gasteiger partial charge >= 0.3 is 11.9 Å². The third-order valence-electron chi connectivity index (χ3n) is 5.35. The van der Waals surface area contributed by atoms with E-state index in [0.717, 1.165) is 5.56 Å². The molecule has 1 atom stereocenters. The van der Waals surface area contributed by atoms with Gasteiger partial charge < -0.3 is 14.8 Å². The van der Waals surface area contributed by atoms with Crippen molar-refractivity contribution < 1.29 is 19.1 Å². The number of carbonyl (C=O) groups excluding carboxylic acids is 2. The molecule has 1 unspecified atom stereocenters. The first-order chi connectivity index (χ1) is 17.0. The number of ether oxygens (including phenoxy) is 2. The fourth-order valence-corrected chi connectivity index (χ4v) is 3.94. The Kier molecular flexibility index (Phi) is 7.57. The molecule has 4 aromatic rings. The number of nitrogens with one attached hydrogen (secondary N) is 1. The number of anilines is 1. The molecule has 0 radical (unpaired) electrons. The summed E-state index contributed by atoms with van der Waals surface area (Å²) in [6, 6.07) is 17.4.